The smallest absolute Gasteiger partial charge is 0.282 e. The van der Waals surface area contributed by atoms with E-state index in [-0.39, 0.29) is 17.2 Å². The maximum atomic E-state index is 12.1. The first-order valence-corrected chi connectivity index (χ1v) is 6.27. The van der Waals surface area contributed by atoms with Crippen molar-refractivity contribution in [1.29, 1.82) is 0 Å². The first-order valence-electron chi connectivity index (χ1n) is 5.39. The fourth-order valence-electron chi connectivity index (χ4n) is 1.55. The molecule has 0 aliphatic rings. The highest BCUT2D eigenvalue weighted by Gasteiger charge is 2.12. The third-order valence-electron chi connectivity index (χ3n) is 2.39. The Kier molecular flexibility index (Phi) is 3.23. The van der Waals surface area contributed by atoms with Crippen molar-refractivity contribution in [3.8, 4) is 0 Å². The van der Waals surface area contributed by atoms with E-state index in [9.17, 15) is 9.59 Å². The van der Waals surface area contributed by atoms with Gasteiger partial charge in [-0.15, -0.1) is 11.3 Å². The van der Waals surface area contributed by atoms with Crippen LogP contribution in [0.25, 0.3) is 4.96 Å². The second-order valence-electron chi connectivity index (χ2n) is 3.73. The Morgan fingerprint density at radius 3 is 3.06 bits per heavy atom. The van der Waals surface area contributed by atoms with Crippen molar-refractivity contribution in [3.05, 3.63) is 27.6 Å². The monoisotopic (exact) mass is 251 g/mol. The van der Waals surface area contributed by atoms with Crippen LogP contribution in [-0.2, 0) is 4.79 Å². The quantitative estimate of drug-likeness (QED) is 0.904. The molecule has 0 saturated carbocycles. The summed E-state index contributed by atoms with van der Waals surface area (Å²) < 4.78 is 1.44. The van der Waals surface area contributed by atoms with E-state index in [0.717, 1.165) is 6.42 Å². The van der Waals surface area contributed by atoms with Crippen molar-refractivity contribution in [2.75, 3.05) is 5.32 Å². The molecule has 0 aliphatic heterocycles. The van der Waals surface area contributed by atoms with E-state index < -0.39 is 0 Å². The maximum absolute atomic E-state index is 12.1. The van der Waals surface area contributed by atoms with Gasteiger partial charge < -0.3 is 5.32 Å². The number of hydrogen-bond acceptors (Lipinski definition) is 4. The average molecular weight is 251 g/mol. The molecular weight excluding hydrogens is 238 g/mol. The van der Waals surface area contributed by atoms with Gasteiger partial charge in [0.25, 0.3) is 5.56 Å². The summed E-state index contributed by atoms with van der Waals surface area (Å²) in [4.78, 5) is 28.5. The van der Waals surface area contributed by atoms with Gasteiger partial charge in [-0.05, 0) is 13.3 Å². The second kappa shape index (κ2) is 4.67. The van der Waals surface area contributed by atoms with Gasteiger partial charge in [0.05, 0.1) is 5.69 Å². The molecule has 0 atom stereocenters. The van der Waals surface area contributed by atoms with Gasteiger partial charge in [0.1, 0.15) is 5.69 Å². The van der Waals surface area contributed by atoms with Gasteiger partial charge in [-0.3, -0.25) is 14.0 Å². The number of aryl methyl sites for hydroxylation is 1. The fraction of sp³-hybridized carbons (Fsp3) is 0.364. The van der Waals surface area contributed by atoms with E-state index in [4.69, 9.17) is 0 Å². The molecule has 1 N–H and O–H groups in total. The molecular formula is C11H13N3O2S. The van der Waals surface area contributed by atoms with Crippen molar-refractivity contribution >= 4 is 27.9 Å². The van der Waals surface area contributed by atoms with Crippen LogP contribution in [-0.4, -0.2) is 15.3 Å². The van der Waals surface area contributed by atoms with Gasteiger partial charge in [0.15, 0.2) is 4.96 Å². The highest BCUT2D eigenvalue weighted by Crippen LogP contribution is 2.12. The van der Waals surface area contributed by atoms with Gasteiger partial charge in [-0.25, -0.2) is 4.98 Å². The van der Waals surface area contributed by atoms with Gasteiger partial charge >= 0.3 is 0 Å². The van der Waals surface area contributed by atoms with Crippen molar-refractivity contribution < 1.29 is 4.79 Å². The summed E-state index contributed by atoms with van der Waals surface area (Å²) in [6.07, 6.45) is 2.82. The van der Waals surface area contributed by atoms with Crippen LogP contribution in [0.4, 0.5) is 5.69 Å². The number of amides is 1. The molecule has 0 bridgehead atoms. The summed E-state index contributed by atoms with van der Waals surface area (Å²) in [6.45, 7) is 3.64. The summed E-state index contributed by atoms with van der Waals surface area (Å²) in [7, 11) is 0. The molecule has 2 aromatic heterocycles. The summed E-state index contributed by atoms with van der Waals surface area (Å²) in [5.74, 6) is -0.148. The number of hydrogen-bond donors (Lipinski definition) is 1. The SMILES string of the molecule is CCCC(=O)Nc1c(C)nc2sccn2c1=O. The number of carbonyl (C=O) groups is 1. The summed E-state index contributed by atoms with van der Waals surface area (Å²) >= 11 is 1.39. The standard InChI is InChI=1S/C11H13N3O2S/c1-3-4-8(15)13-9-7(2)12-11-14(10(9)16)5-6-17-11/h5-6H,3-4H2,1-2H3,(H,13,15). The number of carbonyl (C=O) groups excluding carboxylic acids is 1. The molecule has 0 aromatic carbocycles. The van der Waals surface area contributed by atoms with E-state index >= 15 is 0 Å². The maximum Gasteiger partial charge on any atom is 0.282 e. The zero-order valence-corrected chi connectivity index (χ0v) is 10.5. The van der Waals surface area contributed by atoms with Crippen molar-refractivity contribution in [1.82, 2.24) is 9.38 Å². The van der Waals surface area contributed by atoms with Crippen LogP contribution >= 0.6 is 11.3 Å². The van der Waals surface area contributed by atoms with E-state index in [1.165, 1.54) is 15.7 Å². The van der Waals surface area contributed by atoms with E-state index in [1.807, 2.05) is 6.92 Å². The predicted octanol–water partition coefficient (Wildman–Crippen LogP) is 1.80. The number of anilines is 1. The Morgan fingerprint density at radius 1 is 1.59 bits per heavy atom. The summed E-state index contributed by atoms with van der Waals surface area (Å²) in [5.41, 5.74) is 0.611. The van der Waals surface area contributed by atoms with Crippen molar-refractivity contribution in [2.24, 2.45) is 0 Å². The van der Waals surface area contributed by atoms with Crippen LogP contribution in [0.1, 0.15) is 25.5 Å². The Balaban J connectivity index is 2.46. The highest BCUT2D eigenvalue weighted by molar-refractivity contribution is 7.15. The zero-order chi connectivity index (χ0) is 12.4. The number of nitrogens with one attached hydrogen (secondary N) is 1. The van der Waals surface area contributed by atoms with E-state index in [0.29, 0.717) is 17.1 Å². The minimum absolute atomic E-state index is 0.148. The molecule has 0 unspecified atom stereocenters. The number of fused-ring (bicyclic) bond motifs is 1. The fourth-order valence-corrected chi connectivity index (χ4v) is 2.31. The molecule has 0 saturated heterocycles. The zero-order valence-electron chi connectivity index (χ0n) is 9.69. The molecule has 1 amide bonds. The Hall–Kier alpha value is -1.69. The lowest BCUT2D eigenvalue weighted by Gasteiger charge is -2.06. The van der Waals surface area contributed by atoms with Crippen LogP contribution in [0.3, 0.4) is 0 Å². The normalized spacial score (nSPS) is 10.7. The molecule has 0 spiro atoms. The topological polar surface area (TPSA) is 63.5 Å². The van der Waals surface area contributed by atoms with Gasteiger partial charge in [-0.1, -0.05) is 6.92 Å². The van der Waals surface area contributed by atoms with Crippen LogP contribution in [0.2, 0.25) is 0 Å². The summed E-state index contributed by atoms with van der Waals surface area (Å²) in [5, 5.41) is 4.42. The first-order chi connectivity index (χ1) is 8.13. The molecule has 2 heterocycles. The largest absolute Gasteiger partial charge is 0.320 e. The second-order valence-corrected chi connectivity index (χ2v) is 4.60. The highest BCUT2D eigenvalue weighted by atomic mass is 32.1. The first kappa shape index (κ1) is 11.8. The molecule has 0 aliphatic carbocycles. The van der Waals surface area contributed by atoms with Gasteiger partial charge in [0.2, 0.25) is 5.91 Å². The molecule has 2 aromatic rings. The van der Waals surface area contributed by atoms with Crippen LogP contribution in [0.5, 0.6) is 0 Å². The number of nitrogens with zero attached hydrogens (tertiary/aromatic N) is 2. The van der Waals surface area contributed by atoms with E-state index in [1.54, 1.807) is 18.5 Å². The van der Waals surface area contributed by atoms with E-state index in [2.05, 4.69) is 10.3 Å². The van der Waals surface area contributed by atoms with Gasteiger partial charge in [0, 0.05) is 18.0 Å². The van der Waals surface area contributed by atoms with Crippen molar-refractivity contribution in [2.45, 2.75) is 26.7 Å². The molecule has 6 heteroatoms. The Labute approximate surface area is 102 Å². The lowest BCUT2D eigenvalue weighted by Crippen LogP contribution is -2.23. The predicted molar refractivity (Wildman–Crippen MR) is 67.6 cm³/mol. The van der Waals surface area contributed by atoms with Crippen molar-refractivity contribution in [3.63, 3.8) is 0 Å². The lowest BCUT2D eigenvalue weighted by molar-refractivity contribution is -0.116. The summed E-state index contributed by atoms with van der Waals surface area (Å²) in [6, 6.07) is 0. The number of thiazole rings is 1. The molecule has 5 nitrogen and oxygen atoms in total. The van der Waals surface area contributed by atoms with Crippen LogP contribution in [0.15, 0.2) is 16.4 Å². The molecule has 2 rings (SSSR count). The third kappa shape index (κ3) is 2.21. The lowest BCUT2D eigenvalue weighted by atomic mass is 10.3. The Bertz CT molecular complexity index is 615. The minimum atomic E-state index is -0.224. The Morgan fingerprint density at radius 2 is 2.35 bits per heavy atom. The van der Waals surface area contributed by atoms with Crippen LogP contribution < -0.4 is 10.9 Å². The molecule has 0 fully saturated rings. The molecule has 0 radical (unpaired) electrons. The van der Waals surface area contributed by atoms with Gasteiger partial charge in [-0.2, -0.15) is 0 Å². The van der Waals surface area contributed by atoms with Crippen LogP contribution in [0, 0.1) is 6.92 Å². The number of rotatable bonds is 3. The molecule has 17 heavy (non-hydrogen) atoms. The average Bonchev–Trinajstić information content (AvgIpc) is 2.72. The minimum Gasteiger partial charge on any atom is -0.320 e. The number of aromatic nitrogens is 2. The molecule has 90 valence electrons. The third-order valence-corrected chi connectivity index (χ3v) is 3.15.